The van der Waals surface area contributed by atoms with E-state index >= 15 is 0 Å². The van der Waals surface area contributed by atoms with Crippen LogP contribution < -0.4 is 10.6 Å². The average molecular weight is 296 g/mol. The molecule has 0 bridgehead atoms. The van der Waals surface area contributed by atoms with E-state index in [-0.39, 0.29) is 0 Å². The van der Waals surface area contributed by atoms with E-state index in [2.05, 4.69) is 60.4 Å². The van der Waals surface area contributed by atoms with E-state index in [4.69, 9.17) is 0 Å². The number of aryl methyl sites for hydroxylation is 1. The van der Waals surface area contributed by atoms with Crippen LogP contribution in [0.25, 0.3) is 0 Å². The molecule has 0 fully saturated rings. The van der Waals surface area contributed by atoms with Gasteiger partial charge in [-0.25, -0.2) is 0 Å². The molecule has 0 saturated heterocycles. The Labute approximate surface area is 127 Å². The number of rotatable bonds is 7. The zero-order chi connectivity index (χ0) is 15.0. The molecule has 0 saturated carbocycles. The Balaban J connectivity index is 2.30. The van der Waals surface area contributed by atoms with Gasteiger partial charge in [0.25, 0.3) is 0 Å². The fraction of sp³-hybridized carbons (Fsp3) is 0.667. The molecule has 4 nitrogen and oxygen atoms in total. The van der Waals surface area contributed by atoms with Crippen LogP contribution in [0.15, 0.2) is 17.1 Å². The van der Waals surface area contributed by atoms with Crippen molar-refractivity contribution in [2.24, 2.45) is 4.99 Å². The van der Waals surface area contributed by atoms with Gasteiger partial charge in [0.1, 0.15) is 0 Å². The van der Waals surface area contributed by atoms with Crippen LogP contribution in [-0.4, -0.2) is 43.6 Å². The van der Waals surface area contributed by atoms with Crippen molar-refractivity contribution in [2.75, 3.05) is 26.7 Å². The molecular formula is C15H28N4S. The summed E-state index contributed by atoms with van der Waals surface area (Å²) in [4.78, 5) is 9.37. The minimum Gasteiger partial charge on any atom is -0.355 e. The molecule has 0 aliphatic rings. The third kappa shape index (κ3) is 5.92. The summed E-state index contributed by atoms with van der Waals surface area (Å²) >= 11 is 1.82. The maximum atomic E-state index is 4.26. The number of nitrogens with one attached hydrogen (secondary N) is 2. The Morgan fingerprint density at radius 2 is 2.10 bits per heavy atom. The lowest BCUT2D eigenvalue weighted by molar-refractivity contribution is 0.237. The number of hydrogen-bond acceptors (Lipinski definition) is 3. The van der Waals surface area contributed by atoms with Gasteiger partial charge >= 0.3 is 0 Å². The van der Waals surface area contributed by atoms with Crippen molar-refractivity contribution >= 4 is 17.3 Å². The molecule has 1 aromatic rings. The predicted molar refractivity (Wildman–Crippen MR) is 89.6 cm³/mol. The lowest BCUT2D eigenvalue weighted by Gasteiger charge is -2.25. The molecule has 1 aromatic heterocycles. The zero-order valence-corrected chi connectivity index (χ0v) is 14.2. The van der Waals surface area contributed by atoms with Crippen molar-refractivity contribution in [1.82, 2.24) is 15.5 Å². The second-order valence-corrected chi connectivity index (χ2v) is 6.46. The standard InChI is InChI=1S/C15H28N4S/c1-6-19(12(2)3)10-9-17-15(16-5)18-11-14-8-7-13(4)20-14/h7-8,12H,6,9-11H2,1-5H3,(H2,16,17,18). The van der Waals surface area contributed by atoms with E-state index in [1.165, 1.54) is 9.75 Å². The molecule has 1 heterocycles. The Bertz CT molecular complexity index is 412. The van der Waals surface area contributed by atoms with Gasteiger partial charge in [-0.2, -0.15) is 0 Å². The number of guanidine groups is 1. The second kappa shape index (κ2) is 8.97. The molecule has 0 radical (unpaired) electrons. The Kier molecular flexibility index (Phi) is 7.62. The van der Waals surface area contributed by atoms with Gasteiger partial charge in [-0.1, -0.05) is 6.92 Å². The van der Waals surface area contributed by atoms with E-state index in [1.807, 2.05) is 18.4 Å². The Morgan fingerprint density at radius 3 is 2.60 bits per heavy atom. The fourth-order valence-corrected chi connectivity index (χ4v) is 2.90. The molecule has 0 unspecified atom stereocenters. The first-order valence-corrected chi connectivity index (χ1v) is 8.12. The van der Waals surface area contributed by atoms with Crippen LogP contribution >= 0.6 is 11.3 Å². The van der Waals surface area contributed by atoms with Crippen molar-refractivity contribution in [2.45, 2.75) is 40.3 Å². The van der Waals surface area contributed by atoms with Gasteiger partial charge < -0.3 is 10.6 Å². The third-order valence-corrected chi connectivity index (χ3v) is 4.28. The Morgan fingerprint density at radius 1 is 1.35 bits per heavy atom. The van der Waals surface area contributed by atoms with Crippen LogP contribution in [0.3, 0.4) is 0 Å². The minimum atomic E-state index is 0.589. The maximum Gasteiger partial charge on any atom is 0.191 e. The number of aliphatic imine (C=N–C) groups is 1. The molecule has 0 spiro atoms. The fourth-order valence-electron chi connectivity index (χ4n) is 2.07. The number of thiophene rings is 1. The summed E-state index contributed by atoms with van der Waals surface area (Å²) in [5, 5.41) is 6.72. The lowest BCUT2D eigenvalue weighted by atomic mass is 10.3. The number of nitrogens with zero attached hydrogens (tertiary/aromatic N) is 2. The van der Waals surface area contributed by atoms with Gasteiger partial charge in [-0.05, 0) is 39.4 Å². The highest BCUT2D eigenvalue weighted by Crippen LogP contribution is 2.14. The molecule has 0 amide bonds. The summed E-state index contributed by atoms with van der Waals surface area (Å²) in [6.45, 7) is 12.7. The zero-order valence-electron chi connectivity index (χ0n) is 13.4. The first kappa shape index (κ1) is 17.0. The number of likely N-dealkylation sites (N-methyl/N-ethyl adjacent to an activating group) is 1. The second-order valence-electron chi connectivity index (χ2n) is 5.09. The van der Waals surface area contributed by atoms with Crippen molar-refractivity contribution < 1.29 is 0 Å². The summed E-state index contributed by atoms with van der Waals surface area (Å²) in [6, 6.07) is 4.91. The average Bonchev–Trinajstić information content (AvgIpc) is 2.83. The van der Waals surface area contributed by atoms with Crippen molar-refractivity contribution in [3.8, 4) is 0 Å². The van der Waals surface area contributed by atoms with Crippen LogP contribution in [-0.2, 0) is 6.54 Å². The van der Waals surface area contributed by atoms with Crippen LogP contribution in [0.1, 0.15) is 30.5 Å². The minimum absolute atomic E-state index is 0.589. The van der Waals surface area contributed by atoms with Gasteiger partial charge in [-0.15, -0.1) is 11.3 Å². The van der Waals surface area contributed by atoms with E-state index in [0.29, 0.717) is 6.04 Å². The highest BCUT2D eigenvalue weighted by atomic mass is 32.1. The van der Waals surface area contributed by atoms with Crippen LogP contribution in [0.4, 0.5) is 0 Å². The van der Waals surface area contributed by atoms with E-state index in [9.17, 15) is 0 Å². The Hall–Kier alpha value is -1.07. The quantitative estimate of drug-likeness (QED) is 0.600. The van der Waals surface area contributed by atoms with Gasteiger partial charge in [-0.3, -0.25) is 9.89 Å². The predicted octanol–water partition coefficient (Wildman–Crippen LogP) is 2.45. The number of hydrogen-bond donors (Lipinski definition) is 2. The molecule has 0 aliphatic carbocycles. The monoisotopic (exact) mass is 296 g/mol. The first-order valence-electron chi connectivity index (χ1n) is 7.30. The molecule has 5 heteroatoms. The molecule has 114 valence electrons. The van der Waals surface area contributed by atoms with Gasteiger partial charge in [0, 0.05) is 35.9 Å². The van der Waals surface area contributed by atoms with Gasteiger partial charge in [0.15, 0.2) is 5.96 Å². The molecule has 2 N–H and O–H groups in total. The molecular weight excluding hydrogens is 268 g/mol. The highest BCUT2D eigenvalue weighted by molar-refractivity contribution is 7.11. The van der Waals surface area contributed by atoms with Crippen LogP contribution in [0.2, 0.25) is 0 Å². The van der Waals surface area contributed by atoms with Crippen molar-refractivity contribution in [3.63, 3.8) is 0 Å². The lowest BCUT2D eigenvalue weighted by Crippen LogP contribution is -2.42. The highest BCUT2D eigenvalue weighted by Gasteiger charge is 2.06. The summed E-state index contributed by atoms with van der Waals surface area (Å²) in [5.74, 6) is 0.871. The molecule has 0 atom stereocenters. The molecule has 0 aromatic carbocycles. The van der Waals surface area contributed by atoms with Crippen LogP contribution in [0.5, 0.6) is 0 Å². The summed E-state index contributed by atoms with van der Waals surface area (Å²) < 4.78 is 0. The smallest absolute Gasteiger partial charge is 0.191 e. The normalized spacial score (nSPS) is 12.2. The first-order chi connectivity index (χ1) is 9.56. The largest absolute Gasteiger partial charge is 0.355 e. The van der Waals surface area contributed by atoms with Crippen molar-refractivity contribution in [3.05, 3.63) is 21.9 Å². The van der Waals surface area contributed by atoms with E-state index < -0.39 is 0 Å². The molecule has 0 aliphatic heterocycles. The third-order valence-electron chi connectivity index (χ3n) is 3.28. The summed E-state index contributed by atoms with van der Waals surface area (Å²) in [7, 11) is 1.81. The SMILES string of the molecule is CCN(CCNC(=NC)NCc1ccc(C)s1)C(C)C. The van der Waals surface area contributed by atoms with Gasteiger partial charge in [0.2, 0.25) is 0 Å². The maximum absolute atomic E-state index is 4.26. The van der Waals surface area contributed by atoms with E-state index in [0.717, 1.165) is 32.1 Å². The van der Waals surface area contributed by atoms with E-state index in [1.54, 1.807) is 0 Å². The van der Waals surface area contributed by atoms with Gasteiger partial charge in [0.05, 0.1) is 6.54 Å². The van der Waals surface area contributed by atoms with Crippen molar-refractivity contribution in [1.29, 1.82) is 0 Å². The summed E-state index contributed by atoms with van der Waals surface area (Å²) in [5.41, 5.74) is 0. The van der Waals surface area contributed by atoms with Crippen LogP contribution in [0, 0.1) is 6.92 Å². The summed E-state index contributed by atoms with van der Waals surface area (Å²) in [6.07, 6.45) is 0. The molecule has 20 heavy (non-hydrogen) atoms. The topological polar surface area (TPSA) is 39.7 Å². The molecule has 1 rings (SSSR count).